The molecule has 0 fully saturated rings. The first kappa shape index (κ1) is 21.7. The lowest BCUT2D eigenvalue weighted by Crippen LogP contribution is -1.97. The van der Waals surface area contributed by atoms with E-state index in [1.165, 1.54) is 83.5 Å². The maximum atomic E-state index is 10.6. The summed E-state index contributed by atoms with van der Waals surface area (Å²) in [6.07, 6.45) is 20.1. The third-order valence-corrected chi connectivity index (χ3v) is 4.78. The van der Waals surface area contributed by atoms with Crippen LogP contribution in [0.5, 0.6) is 5.75 Å². The molecule has 1 rings (SSSR count). The number of carbonyl (C=O) groups is 1. The van der Waals surface area contributed by atoms with Gasteiger partial charge in [-0.25, -0.2) is 0 Å². The van der Waals surface area contributed by atoms with Crippen molar-refractivity contribution >= 4 is 6.29 Å². The molecule has 0 amide bonds. The van der Waals surface area contributed by atoms with Crippen LogP contribution in [0.25, 0.3) is 0 Å². The predicted octanol–water partition coefficient (Wildman–Crippen LogP) is 7.36. The van der Waals surface area contributed by atoms with Crippen molar-refractivity contribution in [3.8, 4) is 5.75 Å². The first-order valence-electron chi connectivity index (χ1n) is 10.5. The molecule has 0 saturated heterocycles. The van der Waals surface area contributed by atoms with Gasteiger partial charge in [0.25, 0.3) is 0 Å². The normalized spacial score (nSPS) is 10.8. The molecule has 0 heterocycles. The molecule has 0 aliphatic carbocycles. The quantitative estimate of drug-likeness (QED) is 0.217. The summed E-state index contributed by atoms with van der Waals surface area (Å²) in [6, 6.07) is 7.34. The molecule has 0 aliphatic heterocycles. The van der Waals surface area contributed by atoms with Gasteiger partial charge in [-0.1, -0.05) is 90.4 Å². The minimum atomic E-state index is 0.698. The van der Waals surface area contributed by atoms with E-state index in [4.69, 9.17) is 4.74 Å². The van der Waals surface area contributed by atoms with Gasteiger partial charge in [0, 0.05) is 5.56 Å². The second-order valence-electron chi connectivity index (χ2n) is 7.13. The molecular formula is C23H38O2. The van der Waals surface area contributed by atoms with Crippen LogP contribution in [-0.2, 0) is 0 Å². The molecule has 25 heavy (non-hydrogen) atoms. The van der Waals surface area contributed by atoms with Gasteiger partial charge in [-0.2, -0.15) is 0 Å². The van der Waals surface area contributed by atoms with Gasteiger partial charge >= 0.3 is 0 Å². The summed E-state index contributed by atoms with van der Waals surface area (Å²) >= 11 is 0. The predicted molar refractivity (Wildman–Crippen MR) is 108 cm³/mol. The fourth-order valence-electron chi connectivity index (χ4n) is 3.13. The van der Waals surface area contributed by atoms with Crippen LogP contribution in [0.1, 0.15) is 107 Å². The number of rotatable bonds is 17. The van der Waals surface area contributed by atoms with E-state index in [2.05, 4.69) is 6.92 Å². The van der Waals surface area contributed by atoms with Crippen molar-refractivity contribution in [3.05, 3.63) is 29.8 Å². The van der Waals surface area contributed by atoms with Crippen molar-refractivity contribution in [1.29, 1.82) is 0 Å². The third kappa shape index (κ3) is 12.7. The van der Waals surface area contributed by atoms with E-state index < -0.39 is 0 Å². The summed E-state index contributed by atoms with van der Waals surface area (Å²) < 4.78 is 5.70. The number of hydrogen-bond acceptors (Lipinski definition) is 2. The van der Waals surface area contributed by atoms with E-state index >= 15 is 0 Å². The second-order valence-corrected chi connectivity index (χ2v) is 7.13. The summed E-state index contributed by atoms with van der Waals surface area (Å²) in [5, 5.41) is 0. The maximum Gasteiger partial charge on any atom is 0.150 e. The second kappa shape index (κ2) is 16.2. The lowest BCUT2D eigenvalue weighted by atomic mass is 10.0. The molecule has 0 aromatic heterocycles. The number of aldehydes is 1. The minimum absolute atomic E-state index is 0.698. The Balaban J connectivity index is 1.79. The van der Waals surface area contributed by atoms with Crippen molar-refractivity contribution in [2.45, 2.75) is 96.8 Å². The molecule has 142 valence electrons. The van der Waals surface area contributed by atoms with Gasteiger partial charge in [0.05, 0.1) is 6.61 Å². The van der Waals surface area contributed by atoms with Crippen LogP contribution in [0.15, 0.2) is 24.3 Å². The molecule has 2 heteroatoms. The van der Waals surface area contributed by atoms with Crippen LogP contribution in [-0.4, -0.2) is 12.9 Å². The average Bonchev–Trinajstić information content (AvgIpc) is 2.65. The van der Waals surface area contributed by atoms with Gasteiger partial charge in [-0.3, -0.25) is 4.79 Å². The molecule has 0 aliphatic rings. The average molecular weight is 347 g/mol. The van der Waals surface area contributed by atoms with Gasteiger partial charge in [0.2, 0.25) is 0 Å². The van der Waals surface area contributed by atoms with Gasteiger partial charge in [-0.15, -0.1) is 0 Å². The highest BCUT2D eigenvalue weighted by Gasteiger charge is 1.96. The molecule has 0 atom stereocenters. The van der Waals surface area contributed by atoms with E-state index in [1.54, 1.807) is 12.1 Å². The van der Waals surface area contributed by atoms with E-state index in [1.807, 2.05) is 12.1 Å². The van der Waals surface area contributed by atoms with Crippen LogP contribution in [0.4, 0.5) is 0 Å². The first-order chi connectivity index (χ1) is 12.4. The molecule has 0 bridgehead atoms. The van der Waals surface area contributed by atoms with Gasteiger partial charge < -0.3 is 4.74 Å². The summed E-state index contributed by atoms with van der Waals surface area (Å²) in [5.41, 5.74) is 0.698. The Morgan fingerprint density at radius 1 is 0.680 bits per heavy atom. The Kier molecular flexibility index (Phi) is 14.1. The smallest absolute Gasteiger partial charge is 0.150 e. The molecular weight excluding hydrogens is 308 g/mol. The summed E-state index contributed by atoms with van der Waals surface area (Å²) in [7, 11) is 0. The van der Waals surface area contributed by atoms with Crippen molar-refractivity contribution in [2.75, 3.05) is 6.61 Å². The zero-order valence-electron chi connectivity index (χ0n) is 16.3. The van der Waals surface area contributed by atoms with E-state index in [-0.39, 0.29) is 0 Å². The molecule has 0 unspecified atom stereocenters. The van der Waals surface area contributed by atoms with Crippen LogP contribution in [0.2, 0.25) is 0 Å². The highest BCUT2D eigenvalue weighted by atomic mass is 16.5. The first-order valence-corrected chi connectivity index (χ1v) is 10.5. The molecule has 1 aromatic carbocycles. The highest BCUT2D eigenvalue weighted by Crippen LogP contribution is 2.14. The number of ether oxygens (including phenoxy) is 1. The zero-order valence-corrected chi connectivity index (χ0v) is 16.3. The fourth-order valence-corrected chi connectivity index (χ4v) is 3.13. The summed E-state index contributed by atoms with van der Waals surface area (Å²) in [6.45, 7) is 3.06. The molecule has 0 spiro atoms. The topological polar surface area (TPSA) is 26.3 Å². The van der Waals surface area contributed by atoms with Crippen molar-refractivity contribution < 1.29 is 9.53 Å². The lowest BCUT2D eigenvalue weighted by molar-refractivity contribution is 0.112. The number of unbranched alkanes of at least 4 members (excludes halogenated alkanes) is 13. The molecule has 0 radical (unpaired) electrons. The van der Waals surface area contributed by atoms with E-state index in [0.29, 0.717) is 5.56 Å². The van der Waals surface area contributed by atoms with E-state index in [0.717, 1.165) is 25.1 Å². The molecule has 2 nitrogen and oxygen atoms in total. The van der Waals surface area contributed by atoms with Gasteiger partial charge in [0.15, 0.2) is 0 Å². The van der Waals surface area contributed by atoms with Gasteiger partial charge in [0.1, 0.15) is 12.0 Å². The highest BCUT2D eigenvalue weighted by molar-refractivity contribution is 5.74. The molecule has 0 N–H and O–H groups in total. The number of carbonyl (C=O) groups excluding carboxylic acids is 1. The van der Waals surface area contributed by atoms with Crippen molar-refractivity contribution in [2.24, 2.45) is 0 Å². The van der Waals surface area contributed by atoms with Crippen LogP contribution < -0.4 is 4.74 Å². The number of hydrogen-bond donors (Lipinski definition) is 0. The van der Waals surface area contributed by atoms with Crippen molar-refractivity contribution in [3.63, 3.8) is 0 Å². The standard InChI is InChI=1S/C23H38O2/c1-2-3-4-5-6-7-8-9-10-11-12-13-14-15-20-25-23-18-16-22(21-24)17-19-23/h16-19,21H,2-15,20H2,1H3. The molecule has 0 saturated carbocycles. The largest absolute Gasteiger partial charge is 0.494 e. The lowest BCUT2D eigenvalue weighted by Gasteiger charge is -2.06. The Hall–Kier alpha value is -1.31. The monoisotopic (exact) mass is 346 g/mol. The van der Waals surface area contributed by atoms with Crippen LogP contribution in [0, 0.1) is 0 Å². The summed E-state index contributed by atoms with van der Waals surface area (Å²) in [5.74, 6) is 0.861. The zero-order chi connectivity index (χ0) is 18.0. The van der Waals surface area contributed by atoms with Crippen molar-refractivity contribution in [1.82, 2.24) is 0 Å². The van der Waals surface area contributed by atoms with E-state index in [9.17, 15) is 4.79 Å². The van der Waals surface area contributed by atoms with Crippen LogP contribution >= 0.6 is 0 Å². The Morgan fingerprint density at radius 3 is 1.56 bits per heavy atom. The van der Waals surface area contributed by atoms with Gasteiger partial charge in [-0.05, 0) is 30.7 Å². The maximum absolute atomic E-state index is 10.6. The Labute approximate surface area is 155 Å². The number of benzene rings is 1. The SMILES string of the molecule is CCCCCCCCCCCCCCCCOc1ccc(C=O)cc1. The Bertz CT molecular complexity index is 411. The fraction of sp³-hybridized carbons (Fsp3) is 0.696. The Morgan fingerprint density at radius 2 is 1.12 bits per heavy atom. The summed E-state index contributed by atoms with van der Waals surface area (Å²) in [4.78, 5) is 10.6. The van der Waals surface area contributed by atoms with Crippen LogP contribution in [0.3, 0.4) is 0 Å². The minimum Gasteiger partial charge on any atom is -0.494 e. The molecule has 1 aromatic rings. The third-order valence-electron chi connectivity index (χ3n) is 4.78.